The lowest BCUT2D eigenvalue weighted by atomic mass is 10.1. The Morgan fingerprint density at radius 3 is 2.68 bits per heavy atom. The highest BCUT2D eigenvalue weighted by atomic mass is 16.5. The third-order valence-electron chi connectivity index (χ3n) is 4.72. The summed E-state index contributed by atoms with van der Waals surface area (Å²) in [5.74, 6) is -0.0354. The molecule has 1 fully saturated rings. The van der Waals surface area contributed by atoms with Gasteiger partial charge in [-0.2, -0.15) is 0 Å². The number of nitrogen functional groups attached to an aromatic ring is 1. The lowest BCUT2D eigenvalue weighted by Crippen LogP contribution is -2.37. The van der Waals surface area contributed by atoms with E-state index in [9.17, 15) is 4.79 Å². The third kappa shape index (κ3) is 3.84. The van der Waals surface area contributed by atoms with Crippen LogP contribution >= 0.6 is 0 Å². The van der Waals surface area contributed by atoms with Crippen molar-refractivity contribution in [3.63, 3.8) is 0 Å². The van der Waals surface area contributed by atoms with Crippen molar-refractivity contribution >= 4 is 17.3 Å². The lowest BCUT2D eigenvalue weighted by molar-refractivity contribution is 0.0988. The number of carbonyl (C=O) groups is 1. The fourth-order valence-corrected chi connectivity index (χ4v) is 3.28. The number of nitrogens with two attached hydrogens (primary N) is 1. The number of ketones is 1. The van der Waals surface area contributed by atoms with Gasteiger partial charge in [0.1, 0.15) is 5.69 Å². The predicted molar refractivity (Wildman–Crippen MR) is 107 cm³/mol. The normalized spacial score (nSPS) is 14.1. The zero-order chi connectivity index (χ0) is 19.3. The Labute approximate surface area is 163 Å². The number of hydrogen-bond acceptors (Lipinski definition) is 7. The van der Waals surface area contributed by atoms with Crippen LogP contribution in [0.15, 0.2) is 55.0 Å². The van der Waals surface area contributed by atoms with Gasteiger partial charge in [-0.1, -0.05) is 30.3 Å². The molecule has 3 heterocycles. The van der Waals surface area contributed by atoms with Gasteiger partial charge in [-0.05, 0) is 6.07 Å². The SMILES string of the molecule is Nc1ncc(-c2ccccc2)nc1C(=O)Cc1cnccc1N1CCOCC1. The number of anilines is 2. The maximum Gasteiger partial charge on any atom is 0.189 e. The molecule has 1 saturated heterocycles. The van der Waals surface area contributed by atoms with Gasteiger partial charge >= 0.3 is 0 Å². The number of ether oxygens (including phenoxy) is 1. The first-order valence-electron chi connectivity index (χ1n) is 9.19. The van der Waals surface area contributed by atoms with Crippen LogP contribution in [0.2, 0.25) is 0 Å². The quantitative estimate of drug-likeness (QED) is 0.684. The van der Waals surface area contributed by atoms with Crippen molar-refractivity contribution in [3.05, 3.63) is 66.2 Å². The summed E-state index contributed by atoms with van der Waals surface area (Å²) >= 11 is 0. The van der Waals surface area contributed by atoms with Crippen LogP contribution in [0, 0.1) is 0 Å². The average Bonchev–Trinajstić information content (AvgIpc) is 2.75. The minimum absolute atomic E-state index is 0.140. The van der Waals surface area contributed by atoms with E-state index in [4.69, 9.17) is 10.5 Å². The maximum atomic E-state index is 13.0. The summed E-state index contributed by atoms with van der Waals surface area (Å²) in [6.45, 7) is 2.92. The minimum Gasteiger partial charge on any atom is -0.382 e. The number of aromatic nitrogens is 3. The summed E-state index contributed by atoms with van der Waals surface area (Å²) in [7, 11) is 0. The van der Waals surface area contributed by atoms with Crippen LogP contribution in [0.3, 0.4) is 0 Å². The second-order valence-electron chi connectivity index (χ2n) is 6.56. The number of hydrogen-bond donors (Lipinski definition) is 1. The molecule has 7 nitrogen and oxygen atoms in total. The topological polar surface area (TPSA) is 94.2 Å². The molecule has 0 atom stereocenters. The molecule has 0 bridgehead atoms. The Hall–Kier alpha value is -3.32. The standard InChI is InChI=1S/C21H21N5O2/c22-21-20(25-17(14-24-21)15-4-2-1-3-5-15)19(27)12-16-13-23-7-6-18(16)26-8-10-28-11-9-26/h1-7,13-14H,8-12H2,(H2,22,24). The van der Waals surface area contributed by atoms with Crippen molar-refractivity contribution in [3.8, 4) is 11.3 Å². The minimum atomic E-state index is -0.176. The Bertz CT molecular complexity index is 972. The van der Waals surface area contributed by atoms with E-state index in [-0.39, 0.29) is 23.7 Å². The Kier molecular flexibility index (Phi) is 5.25. The molecule has 1 aliphatic heterocycles. The lowest BCUT2D eigenvalue weighted by Gasteiger charge is -2.30. The Balaban J connectivity index is 1.61. The molecule has 3 aromatic rings. The van der Waals surface area contributed by atoms with Crippen molar-refractivity contribution in [2.75, 3.05) is 36.9 Å². The molecule has 0 amide bonds. The molecular weight excluding hydrogens is 354 g/mol. The first kappa shape index (κ1) is 18.1. The molecule has 0 saturated carbocycles. The van der Waals surface area contributed by atoms with Gasteiger partial charge in [0.05, 0.1) is 25.1 Å². The third-order valence-corrected chi connectivity index (χ3v) is 4.72. The van der Waals surface area contributed by atoms with Crippen LogP contribution in [0.5, 0.6) is 0 Å². The van der Waals surface area contributed by atoms with E-state index in [0.29, 0.717) is 18.9 Å². The monoisotopic (exact) mass is 375 g/mol. The maximum absolute atomic E-state index is 13.0. The van der Waals surface area contributed by atoms with Crippen LogP contribution in [-0.2, 0) is 11.2 Å². The number of morpholine rings is 1. The highest BCUT2D eigenvalue weighted by Crippen LogP contribution is 2.24. The molecule has 28 heavy (non-hydrogen) atoms. The van der Waals surface area contributed by atoms with E-state index >= 15 is 0 Å². The molecule has 1 aliphatic rings. The molecule has 0 radical (unpaired) electrons. The van der Waals surface area contributed by atoms with Crippen molar-refractivity contribution in [2.24, 2.45) is 0 Å². The molecule has 1 aromatic carbocycles. The summed E-state index contributed by atoms with van der Waals surface area (Å²) in [5, 5.41) is 0. The first-order valence-corrected chi connectivity index (χ1v) is 9.19. The molecule has 2 aromatic heterocycles. The molecule has 0 aliphatic carbocycles. The molecule has 4 rings (SSSR count). The fourth-order valence-electron chi connectivity index (χ4n) is 3.28. The van der Waals surface area contributed by atoms with Crippen LogP contribution in [0.4, 0.5) is 11.5 Å². The second kappa shape index (κ2) is 8.14. The van der Waals surface area contributed by atoms with Crippen molar-refractivity contribution < 1.29 is 9.53 Å². The Morgan fingerprint density at radius 1 is 1.11 bits per heavy atom. The highest BCUT2D eigenvalue weighted by Gasteiger charge is 2.20. The van der Waals surface area contributed by atoms with E-state index in [1.807, 2.05) is 36.4 Å². The van der Waals surface area contributed by atoms with Crippen LogP contribution in [0.1, 0.15) is 16.1 Å². The smallest absolute Gasteiger partial charge is 0.189 e. The number of Topliss-reactive ketones (excluding diaryl/α,β-unsaturated/α-hetero) is 1. The van der Waals surface area contributed by atoms with Gasteiger partial charge in [0.2, 0.25) is 0 Å². The summed E-state index contributed by atoms with van der Waals surface area (Å²) in [6.07, 6.45) is 5.22. The largest absolute Gasteiger partial charge is 0.382 e. The van der Waals surface area contributed by atoms with Gasteiger partial charge < -0.3 is 15.4 Å². The number of rotatable bonds is 5. The number of nitrogens with zero attached hydrogens (tertiary/aromatic N) is 4. The Morgan fingerprint density at radius 2 is 1.89 bits per heavy atom. The molecule has 0 spiro atoms. The zero-order valence-electron chi connectivity index (χ0n) is 15.4. The molecule has 0 unspecified atom stereocenters. The van der Waals surface area contributed by atoms with Gasteiger partial charge in [0.15, 0.2) is 11.6 Å². The average molecular weight is 375 g/mol. The van der Waals surface area contributed by atoms with Crippen LogP contribution < -0.4 is 10.6 Å². The van der Waals surface area contributed by atoms with E-state index < -0.39 is 0 Å². The van der Waals surface area contributed by atoms with E-state index in [1.165, 1.54) is 0 Å². The molecule has 7 heteroatoms. The first-order chi connectivity index (χ1) is 13.7. The van der Waals surface area contributed by atoms with Crippen LogP contribution in [0.25, 0.3) is 11.3 Å². The number of pyridine rings is 1. The molecule has 142 valence electrons. The molecular formula is C21H21N5O2. The van der Waals surface area contributed by atoms with Crippen molar-refractivity contribution in [1.29, 1.82) is 0 Å². The number of carbonyl (C=O) groups excluding carboxylic acids is 1. The van der Waals surface area contributed by atoms with Gasteiger partial charge in [-0.25, -0.2) is 9.97 Å². The van der Waals surface area contributed by atoms with E-state index in [2.05, 4.69) is 19.9 Å². The fraction of sp³-hybridized carbons (Fsp3) is 0.238. The predicted octanol–water partition coefficient (Wildman–Crippen LogP) is 2.38. The summed E-state index contributed by atoms with van der Waals surface area (Å²) in [5.41, 5.74) is 9.52. The second-order valence-corrected chi connectivity index (χ2v) is 6.56. The van der Waals surface area contributed by atoms with Crippen molar-refractivity contribution in [1.82, 2.24) is 15.0 Å². The van der Waals surface area contributed by atoms with Gasteiger partial charge in [-0.15, -0.1) is 0 Å². The zero-order valence-corrected chi connectivity index (χ0v) is 15.4. The van der Waals surface area contributed by atoms with Gasteiger partial charge in [0.25, 0.3) is 0 Å². The highest BCUT2D eigenvalue weighted by molar-refractivity contribution is 6.00. The summed E-state index contributed by atoms with van der Waals surface area (Å²) in [4.78, 5) is 28.1. The van der Waals surface area contributed by atoms with E-state index in [0.717, 1.165) is 29.9 Å². The molecule has 2 N–H and O–H groups in total. The number of benzene rings is 1. The van der Waals surface area contributed by atoms with Crippen LogP contribution in [-0.4, -0.2) is 47.0 Å². The van der Waals surface area contributed by atoms with Gasteiger partial charge in [0, 0.05) is 48.7 Å². The van der Waals surface area contributed by atoms with Crippen molar-refractivity contribution in [2.45, 2.75) is 6.42 Å². The summed E-state index contributed by atoms with van der Waals surface area (Å²) in [6, 6.07) is 11.5. The van der Waals surface area contributed by atoms with E-state index in [1.54, 1.807) is 18.6 Å². The van der Waals surface area contributed by atoms with Gasteiger partial charge in [-0.3, -0.25) is 9.78 Å². The summed E-state index contributed by atoms with van der Waals surface area (Å²) < 4.78 is 5.42.